The second kappa shape index (κ2) is 8.54. The van der Waals surface area contributed by atoms with E-state index in [-0.39, 0.29) is 10.9 Å². The van der Waals surface area contributed by atoms with Gasteiger partial charge in [-0.05, 0) is 37.0 Å². The molecule has 0 fully saturated rings. The molecule has 5 heteroatoms. The number of halogens is 3. The minimum atomic E-state index is -0.440. The highest BCUT2D eigenvalue weighted by atomic mass is 79.9. The van der Waals surface area contributed by atoms with E-state index in [1.54, 1.807) is 0 Å². The van der Waals surface area contributed by atoms with E-state index in [0.29, 0.717) is 18.0 Å². The van der Waals surface area contributed by atoms with E-state index in [9.17, 15) is 9.18 Å². The van der Waals surface area contributed by atoms with Crippen LogP contribution in [0.3, 0.4) is 0 Å². The lowest BCUT2D eigenvalue weighted by atomic mass is 10.0. The van der Waals surface area contributed by atoms with Crippen molar-refractivity contribution in [3.63, 3.8) is 0 Å². The molecule has 0 radical (unpaired) electrons. The van der Waals surface area contributed by atoms with E-state index in [4.69, 9.17) is 11.6 Å². The van der Waals surface area contributed by atoms with Gasteiger partial charge in [0, 0.05) is 11.9 Å². The maximum atomic E-state index is 12.9. The molecule has 1 aromatic rings. The van der Waals surface area contributed by atoms with Crippen LogP contribution in [0, 0.1) is 11.7 Å². The van der Waals surface area contributed by atoms with Gasteiger partial charge in [0.15, 0.2) is 0 Å². The number of amides is 1. The monoisotopic (exact) mass is 349 g/mol. The smallest absolute Gasteiger partial charge is 0.252 e. The third kappa shape index (κ3) is 5.49. The zero-order valence-corrected chi connectivity index (χ0v) is 13.2. The van der Waals surface area contributed by atoms with Gasteiger partial charge in [-0.3, -0.25) is 4.79 Å². The second-order valence-electron chi connectivity index (χ2n) is 4.47. The lowest BCUT2D eigenvalue weighted by Gasteiger charge is -2.16. The van der Waals surface area contributed by atoms with Gasteiger partial charge in [0.1, 0.15) is 5.82 Å². The largest absolute Gasteiger partial charge is 0.352 e. The molecule has 2 nitrogen and oxygen atoms in total. The van der Waals surface area contributed by atoms with Gasteiger partial charge in [0.05, 0.1) is 10.6 Å². The van der Waals surface area contributed by atoms with E-state index >= 15 is 0 Å². The fourth-order valence-electron chi connectivity index (χ4n) is 1.92. The molecule has 0 aliphatic rings. The van der Waals surface area contributed by atoms with Gasteiger partial charge in [0.25, 0.3) is 5.91 Å². The van der Waals surface area contributed by atoms with Crippen molar-refractivity contribution >= 4 is 33.4 Å². The van der Waals surface area contributed by atoms with E-state index in [0.717, 1.165) is 30.7 Å². The summed E-state index contributed by atoms with van der Waals surface area (Å²) < 4.78 is 12.9. The lowest BCUT2D eigenvalue weighted by molar-refractivity contribution is 0.0946. The standard InChI is InChI=1S/C14H18BrClFNO/c1-2-3-10(6-7-15)9-18-14(19)12-5-4-11(17)8-13(12)16/h4-5,8,10H,2-3,6-7,9H2,1H3,(H,18,19). The summed E-state index contributed by atoms with van der Waals surface area (Å²) in [5.74, 6) is -0.238. The highest BCUT2D eigenvalue weighted by Gasteiger charge is 2.13. The quantitative estimate of drug-likeness (QED) is 0.725. The molecule has 0 heterocycles. The average Bonchev–Trinajstić information content (AvgIpc) is 2.36. The van der Waals surface area contributed by atoms with E-state index < -0.39 is 5.82 Å². The number of hydrogen-bond donors (Lipinski definition) is 1. The number of hydrogen-bond acceptors (Lipinski definition) is 1. The summed E-state index contributed by atoms with van der Waals surface area (Å²) in [4.78, 5) is 12.0. The molecule has 0 aromatic heterocycles. The Morgan fingerprint density at radius 1 is 1.47 bits per heavy atom. The summed E-state index contributed by atoms with van der Waals surface area (Å²) in [6, 6.07) is 3.80. The summed E-state index contributed by atoms with van der Waals surface area (Å²) in [6.45, 7) is 2.74. The number of nitrogens with one attached hydrogen (secondary N) is 1. The Morgan fingerprint density at radius 3 is 2.79 bits per heavy atom. The molecule has 1 unspecified atom stereocenters. The fourth-order valence-corrected chi connectivity index (χ4v) is 2.82. The molecule has 1 N–H and O–H groups in total. The first-order valence-corrected chi connectivity index (χ1v) is 7.87. The van der Waals surface area contributed by atoms with Gasteiger partial charge >= 0.3 is 0 Å². The van der Waals surface area contributed by atoms with Crippen molar-refractivity contribution in [1.82, 2.24) is 5.32 Å². The van der Waals surface area contributed by atoms with Gasteiger partial charge in [-0.1, -0.05) is 40.9 Å². The predicted molar refractivity (Wildman–Crippen MR) is 80.6 cm³/mol. The Morgan fingerprint density at radius 2 is 2.21 bits per heavy atom. The molecule has 1 aromatic carbocycles. The lowest BCUT2D eigenvalue weighted by Crippen LogP contribution is -2.29. The van der Waals surface area contributed by atoms with Crippen molar-refractivity contribution in [3.8, 4) is 0 Å². The van der Waals surface area contributed by atoms with Gasteiger partial charge in [-0.15, -0.1) is 0 Å². The number of carbonyl (C=O) groups excluding carboxylic acids is 1. The Bertz CT molecular complexity index is 422. The molecule has 106 valence electrons. The van der Waals surface area contributed by atoms with Crippen molar-refractivity contribution in [1.29, 1.82) is 0 Å². The normalized spacial score (nSPS) is 12.2. The Hall–Kier alpha value is -0.610. The van der Waals surface area contributed by atoms with E-state index in [1.165, 1.54) is 12.1 Å². The molecule has 0 spiro atoms. The van der Waals surface area contributed by atoms with Crippen LogP contribution in [0.5, 0.6) is 0 Å². The van der Waals surface area contributed by atoms with Crippen LogP contribution in [0.4, 0.5) is 4.39 Å². The van der Waals surface area contributed by atoms with Crippen LogP contribution in [0.15, 0.2) is 18.2 Å². The Labute approximate surface area is 126 Å². The van der Waals surface area contributed by atoms with Gasteiger partial charge in [-0.2, -0.15) is 0 Å². The molecule has 1 rings (SSSR count). The number of alkyl halides is 1. The molecule has 0 saturated carbocycles. The number of benzene rings is 1. The minimum absolute atomic E-state index is 0.144. The second-order valence-corrected chi connectivity index (χ2v) is 5.67. The maximum absolute atomic E-state index is 12.9. The molecule has 19 heavy (non-hydrogen) atoms. The molecular weight excluding hydrogens is 333 g/mol. The van der Waals surface area contributed by atoms with Crippen molar-refractivity contribution in [3.05, 3.63) is 34.6 Å². The Kier molecular flexibility index (Phi) is 7.39. The maximum Gasteiger partial charge on any atom is 0.252 e. The summed E-state index contributed by atoms with van der Waals surface area (Å²) in [7, 11) is 0. The number of carbonyl (C=O) groups is 1. The molecule has 1 atom stereocenters. The summed E-state index contributed by atoms with van der Waals surface area (Å²) in [6.07, 6.45) is 3.18. The summed E-state index contributed by atoms with van der Waals surface area (Å²) in [5, 5.41) is 3.93. The van der Waals surface area contributed by atoms with Gasteiger partial charge < -0.3 is 5.32 Å². The van der Waals surface area contributed by atoms with Crippen LogP contribution >= 0.6 is 27.5 Å². The van der Waals surface area contributed by atoms with Crippen molar-refractivity contribution in [2.24, 2.45) is 5.92 Å². The topological polar surface area (TPSA) is 29.1 Å². The summed E-state index contributed by atoms with van der Waals surface area (Å²) >= 11 is 9.27. The molecular formula is C14H18BrClFNO. The molecule has 0 bridgehead atoms. The SMILES string of the molecule is CCCC(CCBr)CNC(=O)c1ccc(F)cc1Cl. The zero-order chi connectivity index (χ0) is 14.3. The van der Waals surface area contributed by atoms with Crippen LogP contribution in [0.25, 0.3) is 0 Å². The van der Waals surface area contributed by atoms with Crippen molar-refractivity contribution in [2.45, 2.75) is 26.2 Å². The van der Waals surface area contributed by atoms with Crippen LogP contribution in [0.1, 0.15) is 36.5 Å². The molecule has 0 aliphatic carbocycles. The first-order valence-electron chi connectivity index (χ1n) is 6.37. The first-order chi connectivity index (χ1) is 9.08. The van der Waals surface area contributed by atoms with E-state index in [1.807, 2.05) is 0 Å². The fraction of sp³-hybridized carbons (Fsp3) is 0.500. The summed E-state index contributed by atoms with van der Waals surface area (Å²) in [5.41, 5.74) is 0.317. The third-order valence-corrected chi connectivity index (χ3v) is 3.71. The van der Waals surface area contributed by atoms with Crippen molar-refractivity contribution in [2.75, 3.05) is 11.9 Å². The predicted octanol–water partition coefficient (Wildman–Crippen LogP) is 4.41. The number of rotatable bonds is 7. The molecule has 0 saturated heterocycles. The highest BCUT2D eigenvalue weighted by molar-refractivity contribution is 9.09. The van der Waals surface area contributed by atoms with Crippen LogP contribution < -0.4 is 5.32 Å². The Balaban J connectivity index is 2.58. The highest BCUT2D eigenvalue weighted by Crippen LogP contribution is 2.17. The van der Waals surface area contributed by atoms with Gasteiger partial charge in [0.2, 0.25) is 0 Å². The zero-order valence-electron chi connectivity index (χ0n) is 10.9. The average molecular weight is 351 g/mol. The van der Waals surface area contributed by atoms with Crippen LogP contribution in [0.2, 0.25) is 5.02 Å². The van der Waals surface area contributed by atoms with Crippen LogP contribution in [-0.2, 0) is 0 Å². The van der Waals surface area contributed by atoms with E-state index in [2.05, 4.69) is 28.2 Å². The molecule has 0 aliphatic heterocycles. The van der Waals surface area contributed by atoms with Gasteiger partial charge in [-0.25, -0.2) is 4.39 Å². The minimum Gasteiger partial charge on any atom is -0.352 e. The van der Waals surface area contributed by atoms with Crippen molar-refractivity contribution < 1.29 is 9.18 Å². The first kappa shape index (κ1) is 16.4. The van der Waals surface area contributed by atoms with Crippen LogP contribution in [-0.4, -0.2) is 17.8 Å². The molecule has 1 amide bonds. The third-order valence-electron chi connectivity index (χ3n) is 2.94.